The molecule has 1 N–H and O–H groups in total. The highest BCUT2D eigenvalue weighted by Gasteiger charge is 2.31. The first-order valence-electron chi connectivity index (χ1n) is 7.89. The van der Waals surface area contributed by atoms with E-state index in [1.54, 1.807) is 54.6 Å². The van der Waals surface area contributed by atoms with Gasteiger partial charge >= 0.3 is 0 Å². The van der Waals surface area contributed by atoms with Gasteiger partial charge in [-0.2, -0.15) is 0 Å². The molecule has 0 aromatic heterocycles. The topological polar surface area (TPSA) is 89.3 Å². The molecule has 0 fully saturated rings. The fourth-order valence-electron chi connectivity index (χ4n) is 3.07. The van der Waals surface area contributed by atoms with Crippen LogP contribution in [-0.2, 0) is 0 Å². The average Bonchev–Trinajstić information content (AvgIpc) is 2.66. The molecule has 6 nitrogen and oxygen atoms in total. The first-order valence-corrected chi connectivity index (χ1v) is 7.89. The van der Waals surface area contributed by atoms with E-state index in [4.69, 9.17) is 0 Å². The van der Waals surface area contributed by atoms with E-state index >= 15 is 0 Å². The van der Waals surface area contributed by atoms with Crippen LogP contribution >= 0.6 is 0 Å². The van der Waals surface area contributed by atoms with Crippen LogP contribution in [0.15, 0.2) is 66.7 Å². The van der Waals surface area contributed by atoms with Crippen LogP contribution < -0.4 is 5.32 Å². The van der Waals surface area contributed by atoms with E-state index in [0.29, 0.717) is 33.6 Å². The Morgan fingerprint density at radius 1 is 0.731 bits per heavy atom. The van der Waals surface area contributed by atoms with Gasteiger partial charge in [0, 0.05) is 34.5 Å². The van der Waals surface area contributed by atoms with Crippen LogP contribution in [0.3, 0.4) is 0 Å². The number of nitrogens with one attached hydrogen (secondary N) is 1. The van der Waals surface area contributed by atoms with Gasteiger partial charge in [-0.3, -0.25) is 19.7 Å². The zero-order chi connectivity index (χ0) is 18.3. The van der Waals surface area contributed by atoms with Crippen molar-refractivity contribution in [3.63, 3.8) is 0 Å². The standard InChI is InChI=1S/C20H12N2O4/c23-19-14-4-1-2-5-15(14)20(24)18-16(19)6-3-7-17(18)21-12-8-10-13(11-9-12)22(25)26/h1-11,21H. The Morgan fingerprint density at radius 2 is 1.35 bits per heavy atom. The lowest BCUT2D eigenvalue weighted by Crippen LogP contribution is -2.22. The minimum atomic E-state index is -0.479. The molecule has 1 aliphatic rings. The van der Waals surface area contributed by atoms with E-state index in [1.807, 2.05) is 0 Å². The lowest BCUT2D eigenvalue weighted by Gasteiger charge is -2.20. The minimum absolute atomic E-state index is 0.0224. The quantitative estimate of drug-likeness (QED) is 0.446. The van der Waals surface area contributed by atoms with E-state index in [1.165, 1.54) is 12.1 Å². The number of anilines is 2. The second-order valence-corrected chi connectivity index (χ2v) is 5.86. The number of nitrogens with zero attached hydrogens (tertiary/aromatic N) is 1. The molecule has 0 heterocycles. The SMILES string of the molecule is O=C1c2ccccc2C(=O)c2c(Nc3ccc([N+](=O)[O-])cc3)cccc21. The van der Waals surface area contributed by atoms with Gasteiger partial charge in [-0.15, -0.1) is 0 Å². The Bertz CT molecular complexity index is 1070. The number of benzene rings is 3. The normalized spacial score (nSPS) is 12.3. The first-order chi connectivity index (χ1) is 12.6. The van der Waals surface area contributed by atoms with Crippen molar-refractivity contribution in [1.82, 2.24) is 0 Å². The number of nitro benzene ring substituents is 1. The van der Waals surface area contributed by atoms with Crippen molar-refractivity contribution < 1.29 is 14.5 Å². The number of ketones is 2. The Hall–Kier alpha value is -3.80. The summed E-state index contributed by atoms with van der Waals surface area (Å²) in [5, 5.41) is 13.8. The summed E-state index contributed by atoms with van der Waals surface area (Å²) >= 11 is 0. The van der Waals surface area contributed by atoms with E-state index in [9.17, 15) is 19.7 Å². The van der Waals surface area contributed by atoms with E-state index in [2.05, 4.69) is 5.32 Å². The fraction of sp³-hybridized carbons (Fsp3) is 0. The predicted octanol–water partition coefficient (Wildman–Crippen LogP) is 4.11. The molecule has 0 aliphatic heterocycles. The predicted molar refractivity (Wildman–Crippen MR) is 96.1 cm³/mol. The number of hydrogen-bond acceptors (Lipinski definition) is 5. The van der Waals surface area contributed by atoms with Gasteiger partial charge in [-0.1, -0.05) is 36.4 Å². The Balaban J connectivity index is 1.77. The Labute approximate surface area is 148 Å². The molecular weight excluding hydrogens is 332 g/mol. The highest BCUT2D eigenvalue weighted by atomic mass is 16.6. The molecule has 3 aromatic carbocycles. The minimum Gasteiger partial charge on any atom is -0.355 e. The van der Waals surface area contributed by atoms with Gasteiger partial charge in [0.05, 0.1) is 16.2 Å². The summed E-state index contributed by atoms with van der Waals surface area (Å²) in [5.41, 5.74) is 2.49. The van der Waals surface area contributed by atoms with Crippen LogP contribution in [0, 0.1) is 10.1 Å². The maximum Gasteiger partial charge on any atom is 0.269 e. The van der Waals surface area contributed by atoms with Crippen molar-refractivity contribution in [2.45, 2.75) is 0 Å². The molecule has 0 unspecified atom stereocenters. The largest absolute Gasteiger partial charge is 0.355 e. The summed E-state index contributed by atoms with van der Waals surface area (Å²) in [6.45, 7) is 0. The lowest BCUT2D eigenvalue weighted by molar-refractivity contribution is -0.384. The van der Waals surface area contributed by atoms with Crippen LogP contribution in [0.25, 0.3) is 0 Å². The van der Waals surface area contributed by atoms with Crippen molar-refractivity contribution in [2.75, 3.05) is 5.32 Å². The van der Waals surface area contributed by atoms with Gasteiger partial charge in [0.15, 0.2) is 11.6 Å². The smallest absolute Gasteiger partial charge is 0.269 e. The van der Waals surface area contributed by atoms with Gasteiger partial charge in [0.25, 0.3) is 5.69 Å². The molecule has 3 aromatic rings. The summed E-state index contributed by atoms with van der Waals surface area (Å²) in [6, 6.07) is 17.6. The van der Waals surface area contributed by atoms with E-state index in [-0.39, 0.29) is 17.3 Å². The van der Waals surface area contributed by atoms with Crippen LogP contribution in [0.2, 0.25) is 0 Å². The monoisotopic (exact) mass is 344 g/mol. The summed E-state index contributed by atoms with van der Waals surface area (Å²) < 4.78 is 0. The van der Waals surface area contributed by atoms with Crippen LogP contribution in [0.4, 0.5) is 17.1 Å². The van der Waals surface area contributed by atoms with Gasteiger partial charge in [-0.05, 0) is 18.2 Å². The number of fused-ring (bicyclic) bond motifs is 2. The molecule has 126 valence electrons. The van der Waals surface area contributed by atoms with Crippen LogP contribution in [0.1, 0.15) is 31.8 Å². The second kappa shape index (κ2) is 5.93. The number of rotatable bonds is 3. The molecule has 26 heavy (non-hydrogen) atoms. The molecule has 0 saturated carbocycles. The van der Waals surface area contributed by atoms with E-state index in [0.717, 1.165) is 0 Å². The summed E-state index contributed by atoms with van der Waals surface area (Å²) in [7, 11) is 0. The summed E-state index contributed by atoms with van der Waals surface area (Å²) in [5.74, 6) is -0.414. The second-order valence-electron chi connectivity index (χ2n) is 5.86. The summed E-state index contributed by atoms with van der Waals surface area (Å²) in [6.07, 6.45) is 0. The van der Waals surface area contributed by atoms with Gasteiger partial charge in [0.1, 0.15) is 0 Å². The zero-order valence-corrected chi connectivity index (χ0v) is 13.4. The summed E-state index contributed by atoms with van der Waals surface area (Å²) in [4.78, 5) is 35.9. The maximum absolute atomic E-state index is 12.9. The van der Waals surface area contributed by atoms with Crippen molar-refractivity contribution in [1.29, 1.82) is 0 Å². The highest BCUT2D eigenvalue weighted by molar-refractivity contribution is 6.30. The lowest BCUT2D eigenvalue weighted by atomic mass is 9.83. The number of carbonyl (C=O) groups is 2. The van der Waals surface area contributed by atoms with Crippen molar-refractivity contribution >= 4 is 28.6 Å². The zero-order valence-electron chi connectivity index (χ0n) is 13.4. The third-order valence-corrected chi connectivity index (χ3v) is 4.31. The Kier molecular flexibility index (Phi) is 3.58. The average molecular weight is 344 g/mol. The molecule has 0 amide bonds. The highest BCUT2D eigenvalue weighted by Crippen LogP contribution is 2.33. The molecule has 0 radical (unpaired) electrons. The van der Waals surface area contributed by atoms with E-state index < -0.39 is 4.92 Å². The van der Waals surface area contributed by atoms with Gasteiger partial charge in [0.2, 0.25) is 0 Å². The number of carbonyl (C=O) groups excluding carboxylic acids is 2. The number of nitro groups is 1. The molecule has 0 bridgehead atoms. The van der Waals surface area contributed by atoms with Gasteiger partial charge in [-0.25, -0.2) is 0 Å². The Morgan fingerprint density at radius 3 is 2.00 bits per heavy atom. The molecule has 6 heteroatoms. The number of hydrogen-bond donors (Lipinski definition) is 1. The van der Waals surface area contributed by atoms with Gasteiger partial charge < -0.3 is 5.32 Å². The molecule has 0 saturated heterocycles. The first kappa shape index (κ1) is 15.7. The molecule has 4 rings (SSSR count). The maximum atomic E-state index is 12.9. The third kappa shape index (κ3) is 2.44. The van der Waals surface area contributed by atoms with Crippen LogP contribution in [-0.4, -0.2) is 16.5 Å². The van der Waals surface area contributed by atoms with Crippen molar-refractivity contribution in [3.8, 4) is 0 Å². The van der Waals surface area contributed by atoms with Crippen molar-refractivity contribution in [2.24, 2.45) is 0 Å². The third-order valence-electron chi connectivity index (χ3n) is 4.31. The molecular formula is C20H12N2O4. The van der Waals surface area contributed by atoms with Crippen molar-refractivity contribution in [3.05, 3.63) is 99.1 Å². The molecule has 0 atom stereocenters. The van der Waals surface area contributed by atoms with Crippen LogP contribution in [0.5, 0.6) is 0 Å². The fourth-order valence-corrected chi connectivity index (χ4v) is 3.07. The molecule has 0 spiro atoms. The number of non-ortho nitro benzene ring substituents is 1. The molecule has 1 aliphatic carbocycles.